The Bertz CT molecular complexity index is 793. The lowest BCUT2D eigenvalue weighted by Crippen LogP contribution is -2.29. The maximum absolute atomic E-state index is 12.4. The van der Waals surface area contributed by atoms with Gasteiger partial charge in [-0.05, 0) is 37.8 Å². The van der Waals surface area contributed by atoms with E-state index < -0.39 is 0 Å². The van der Waals surface area contributed by atoms with E-state index in [4.69, 9.17) is 0 Å². The second kappa shape index (κ2) is 8.40. The van der Waals surface area contributed by atoms with Gasteiger partial charge >= 0.3 is 0 Å². The standard InChI is InChI=1S/C18H22N4OS2/c1-13-11-14(2)22(21-13)8-3-6-17(23)20-16(18-19-7-10-25-18)12-15-5-4-9-24-15/h4-5,7,9-11,16H,3,6,8,12H2,1-2H3,(H,20,23)/t16-/m0/s1. The number of aromatic nitrogens is 3. The van der Waals surface area contributed by atoms with Crippen LogP contribution in [0.1, 0.15) is 40.2 Å². The van der Waals surface area contributed by atoms with Crippen LogP contribution in [0.2, 0.25) is 0 Å². The molecule has 132 valence electrons. The van der Waals surface area contributed by atoms with E-state index in [2.05, 4.69) is 32.9 Å². The topological polar surface area (TPSA) is 59.8 Å². The molecule has 1 atom stereocenters. The van der Waals surface area contributed by atoms with Crippen LogP contribution in [0.15, 0.2) is 35.2 Å². The van der Waals surface area contributed by atoms with Crippen LogP contribution in [0.5, 0.6) is 0 Å². The van der Waals surface area contributed by atoms with E-state index in [1.807, 2.05) is 30.0 Å². The molecule has 7 heteroatoms. The molecule has 0 fully saturated rings. The molecule has 0 bridgehead atoms. The van der Waals surface area contributed by atoms with Crippen molar-refractivity contribution in [2.45, 2.75) is 45.7 Å². The SMILES string of the molecule is Cc1cc(C)n(CCCC(=O)N[C@@H](Cc2cccs2)c2nccs2)n1. The number of nitrogens with zero attached hydrogens (tertiary/aromatic N) is 3. The van der Waals surface area contributed by atoms with Crippen molar-refractivity contribution >= 4 is 28.6 Å². The summed E-state index contributed by atoms with van der Waals surface area (Å²) in [5.41, 5.74) is 2.15. The van der Waals surface area contributed by atoms with Crippen molar-refractivity contribution < 1.29 is 4.79 Å². The molecule has 0 spiro atoms. The highest BCUT2D eigenvalue weighted by Gasteiger charge is 2.18. The average Bonchev–Trinajstić information content (AvgIpc) is 3.30. The Morgan fingerprint density at radius 3 is 2.84 bits per heavy atom. The van der Waals surface area contributed by atoms with Gasteiger partial charge in [-0.25, -0.2) is 4.98 Å². The first-order valence-corrected chi connectivity index (χ1v) is 10.1. The number of carbonyl (C=O) groups is 1. The van der Waals surface area contributed by atoms with Gasteiger partial charge in [-0.1, -0.05) is 6.07 Å². The molecule has 1 N–H and O–H groups in total. The number of carbonyl (C=O) groups excluding carboxylic acids is 1. The fourth-order valence-electron chi connectivity index (χ4n) is 2.79. The van der Waals surface area contributed by atoms with E-state index in [9.17, 15) is 4.79 Å². The molecule has 0 aromatic carbocycles. The van der Waals surface area contributed by atoms with Crippen molar-refractivity contribution in [1.82, 2.24) is 20.1 Å². The fraction of sp³-hybridized carbons (Fsp3) is 0.389. The molecule has 0 unspecified atom stereocenters. The second-order valence-corrected chi connectivity index (χ2v) is 7.99. The first kappa shape index (κ1) is 17.8. The summed E-state index contributed by atoms with van der Waals surface area (Å²) < 4.78 is 1.96. The minimum atomic E-state index is -0.0557. The lowest BCUT2D eigenvalue weighted by Gasteiger charge is -2.16. The Hall–Kier alpha value is -1.99. The molecule has 3 aromatic heterocycles. The van der Waals surface area contributed by atoms with Gasteiger partial charge in [-0.15, -0.1) is 22.7 Å². The van der Waals surface area contributed by atoms with Crippen molar-refractivity contribution in [3.05, 3.63) is 56.4 Å². The highest BCUT2D eigenvalue weighted by Crippen LogP contribution is 2.23. The quantitative estimate of drug-likeness (QED) is 0.650. The molecule has 0 aliphatic heterocycles. The Kier molecular flexibility index (Phi) is 5.99. The number of aryl methyl sites for hydroxylation is 3. The summed E-state index contributed by atoms with van der Waals surface area (Å²) in [6.45, 7) is 4.79. The van der Waals surface area contributed by atoms with Crippen LogP contribution < -0.4 is 5.32 Å². The molecule has 0 saturated heterocycles. The number of thiophene rings is 1. The van der Waals surface area contributed by atoms with Crippen LogP contribution in [0.4, 0.5) is 0 Å². The molecule has 3 rings (SSSR count). The Balaban J connectivity index is 1.54. The van der Waals surface area contributed by atoms with Gasteiger partial charge in [0.05, 0.1) is 11.7 Å². The summed E-state index contributed by atoms with van der Waals surface area (Å²) >= 11 is 3.29. The minimum absolute atomic E-state index is 0.0557. The van der Waals surface area contributed by atoms with Gasteiger partial charge in [0, 0.05) is 41.5 Å². The van der Waals surface area contributed by atoms with E-state index in [1.165, 1.54) is 4.88 Å². The summed E-state index contributed by atoms with van der Waals surface area (Å²) in [4.78, 5) is 18.0. The van der Waals surface area contributed by atoms with Crippen molar-refractivity contribution in [2.75, 3.05) is 0 Å². The average molecular weight is 375 g/mol. The molecular formula is C18H22N4OS2. The first-order valence-electron chi connectivity index (χ1n) is 8.34. The number of rotatable bonds is 8. The molecule has 5 nitrogen and oxygen atoms in total. The monoisotopic (exact) mass is 374 g/mol. The summed E-state index contributed by atoms with van der Waals surface area (Å²) in [7, 11) is 0. The third-order valence-corrected chi connectivity index (χ3v) is 5.74. The van der Waals surface area contributed by atoms with E-state index in [-0.39, 0.29) is 11.9 Å². The van der Waals surface area contributed by atoms with Gasteiger partial charge in [0.25, 0.3) is 0 Å². The van der Waals surface area contributed by atoms with Gasteiger partial charge in [-0.3, -0.25) is 9.48 Å². The van der Waals surface area contributed by atoms with Crippen LogP contribution >= 0.6 is 22.7 Å². The summed E-state index contributed by atoms with van der Waals surface area (Å²) in [6.07, 6.45) is 3.84. The number of thiazole rings is 1. The lowest BCUT2D eigenvalue weighted by atomic mass is 10.1. The molecule has 25 heavy (non-hydrogen) atoms. The lowest BCUT2D eigenvalue weighted by molar-refractivity contribution is -0.122. The van der Waals surface area contributed by atoms with Crippen LogP contribution in [-0.2, 0) is 17.8 Å². The van der Waals surface area contributed by atoms with Crippen LogP contribution in [0.3, 0.4) is 0 Å². The third-order valence-electron chi connectivity index (χ3n) is 3.95. The zero-order chi connectivity index (χ0) is 17.6. The highest BCUT2D eigenvalue weighted by atomic mass is 32.1. The van der Waals surface area contributed by atoms with Gasteiger partial charge < -0.3 is 5.32 Å². The molecule has 0 aliphatic rings. The predicted molar refractivity (Wildman–Crippen MR) is 102 cm³/mol. The second-order valence-electron chi connectivity index (χ2n) is 6.03. The number of hydrogen-bond donors (Lipinski definition) is 1. The predicted octanol–water partition coefficient (Wildman–Crippen LogP) is 3.90. The largest absolute Gasteiger partial charge is 0.346 e. The van der Waals surface area contributed by atoms with E-state index >= 15 is 0 Å². The summed E-state index contributed by atoms with van der Waals surface area (Å²) in [5, 5.41) is 12.6. The number of amides is 1. The molecule has 0 radical (unpaired) electrons. The van der Waals surface area contributed by atoms with Gasteiger partial charge in [0.1, 0.15) is 5.01 Å². The fourth-order valence-corrected chi connectivity index (χ4v) is 4.24. The zero-order valence-corrected chi connectivity index (χ0v) is 16.1. The van der Waals surface area contributed by atoms with E-state index in [0.29, 0.717) is 6.42 Å². The van der Waals surface area contributed by atoms with Crippen molar-refractivity contribution in [3.8, 4) is 0 Å². The van der Waals surface area contributed by atoms with Crippen LogP contribution in [0.25, 0.3) is 0 Å². The summed E-state index contributed by atoms with van der Waals surface area (Å²) in [6, 6.07) is 6.13. The van der Waals surface area contributed by atoms with E-state index in [1.54, 1.807) is 28.9 Å². The Morgan fingerprint density at radius 2 is 2.20 bits per heavy atom. The Labute approximate surface area is 155 Å². The zero-order valence-electron chi connectivity index (χ0n) is 14.4. The smallest absolute Gasteiger partial charge is 0.220 e. The van der Waals surface area contributed by atoms with Crippen LogP contribution in [0, 0.1) is 13.8 Å². The van der Waals surface area contributed by atoms with Crippen molar-refractivity contribution in [2.24, 2.45) is 0 Å². The van der Waals surface area contributed by atoms with Gasteiger partial charge in [0.15, 0.2) is 0 Å². The van der Waals surface area contributed by atoms with Crippen molar-refractivity contribution in [1.29, 1.82) is 0 Å². The van der Waals surface area contributed by atoms with Crippen molar-refractivity contribution in [3.63, 3.8) is 0 Å². The van der Waals surface area contributed by atoms with Gasteiger partial charge in [0.2, 0.25) is 5.91 Å². The maximum atomic E-state index is 12.4. The normalized spacial score (nSPS) is 12.2. The minimum Gasteiger partial charge on any atom is -0.346 e. The third kappa shape index (κ3) is 4.99. The Morgan fingerprint density at radius 1 is 1.32 bits per heavy atom. The van der Waals surface area contributed by atoms with E-state index in [0.717, 1.165) is 35.8 Å². The first-order chi connectivity index (χ1) is 12.1. The molecular weight excluding hydrogens is 352 g/mol. The molecule has 1 amide bonds. The molecule has 0 aliphatic carbocycles. The number of hydrogen-bond acceptors (Lipinski definition) is 5. The maximum Gasteiger partial charge on any atom is 0.220 e. The molecule has 3 heterocycles. The molecule has 0 saturated carbocycles. The summed E-state index contributed by atoms with van der Waals surface area (Å²) in [5.74, 6) is 0.0679. The van der Waals surface area contributed by atoms with Crippen LogP contribution in [-0.4, -0.2) is 20.7 Å². The number of nitrogens with one attached hydrogen (secondary N) is 1. The highest BCUT2D eigenvalue weighted by molar-refractivity contribution is 7.10. The van der Waals surface area contributed by atoms with Gasteiger partial charge in [-0.2, -0.15) is 5.10 Å². The molecule has 3 aromatic rings.